The van der Waals surface area contributed by atoms with Gasteiger partial charge in [-0.1, -0.05) is 66.2 Å². The Morgan fingerprint density at radius 2 is 1.69 bits per heavy atom. The summed E-state index contributed by atoms with van der Waals surface area (Å²) in [7, 11) is 0. The van der Waals surface area contributed by atoms with Gasteiger partial charge in [0, 0.05) is 29.6 Å². The number of fused-ring (bicyclic) bond motifs is 1. The van der Waals surface area contributed by atoms with Crippen molar-refractivity contribution >= 4 is 16.8 Å². The molecule has 0 fully saturated rings. The molecule has 4 rings (SSSR count). The zero-order valence-electron chi connectivity index (χ0n) is 16.4. The van der Waals surface area contributed by atoms with E-state index in [9.17, 15) is 4.79 Å². The fraction of sp³-hybridized carbons (Fsp3) is 0.160. The van der Waals surface area contributed by atoms with Crippen molar-refractivity contribution in [1.82, 2.24) is 10.3 Å². The van der Waals surface area contributed by atoms with Crippen molar-refractivity contribution in [2.45, 2.75) is 12.8 Å². The molecule has 1 atom stereocenters. The molecule has 0 spiro atoms. The van der Waals surface area contributed by atoms with Crippen LogP contribution in [0.5, 0.6) is 5.75 Å². The number of benzene rings is 3. The smallest absolute Gasteiger partial charge is 0.257 e. The third-order valence-electron chi connectivity index (χ3n) is 5.09. The van der Waals surface area contributed by atoms with Gasteiger partial charge in [0.2, 0.25) is 0 Å². The Balaban J connectivity index is 1.47. The first-order valence-corrected chi connectivity index (χ1v) is 9.78. The monoisotopic (exact) mass is 384 g/mol. The SMILES string of the molecule is Cc1ccc(OCC(=O)NC[C@H](c2ccccc2)c2c[nH]c3ccccc23)cc1. The molecule has 0 unspecified atom stereocenters. The lowest BCUT2D eigenvalue weighted by molar-refractivity contribution is -0.123. The summed E-state index contributed by atoms with van der Waals surface area (Å²) in [6.07, 6.45) is 2.04. The number of rotatable bonds is 7. The van der Waals surface area contributed by atoms with Gasteiger partial charge in [-0.25, -0.2) is 0 Å². The number of H-pyrrole nitrogens is 1. The average molecular weight is 384 g/mol. The highest BCUT2D eigenvalue weighted by Gasteiger charge is 2.19. The molecule has 146 valence electrons. The van der Waals surface area contributed by atoms with Gasteiger partial charge in [-0.3, -0.25) is 4.79 Å². The zero-order chi connectivity index (χ0) is 20.1. The van der Waals surface area contributed by atoms with E-state index in [1.54, 1.807) is 0 Å². The highest BCUT2D eigenvalue weighted by molar-refractivity contribution is 5.84. The number of nitrogens with one attached hydrogen (secondary N) is 2. The van der Waals surface area contributed by atoms with Crippen LogP contribution >= 0.6 is 0 Å². The summed E-state index contributed by atoms with van der Waals surface area (Å²) in [6, 6.07) is 26.2. The second-order valence-electron chi connectivity index (χ2n) is 7.16. The lowest BCUT2D eigenvalue weighted by Crippen LogP contribution is -2.32. The lowest BCUT2D eigenvalue weighted by atomic mass is 9.91. The minimum atomic E-state index is -0.133. The normalized spacial score (nSPS) is 11.9. The van der Waals surface area contributed by atoms with Gasteiger partial charge in [-0.2, -0.15) is 0 Å². The molecule has 1 amide bonds. The molecule has 29 heavy (non-hydrogen) atoms. The molecule has 0 aliphatic rings. The largest absolute Gasteiger partial charge is 0.484 e. The van der Waals surface area contributed by atoms with Crippen LogP contribution in [-0.4, -0.2) is 24.0 Å². The second kappa shape index (κ2) is 8.65. The van der Waals surface area contributed by atoms with Crippen LogP contribution in [0.25, 0.3) is 10.9 Å². The molecule has 3 aromatic carbocycles. The van der Waals surface area contributed by atoms with Crippen molar-refractivity contribution in [1.29, 1.82) is 0 Å². The van der Waals surface area contributed by atoms with Crippen molar-refractivity contribution in [2.75, 3.05) is 13.2 Å². The summed E-state index contributed by atoms with van der Waals surface area (Å²) in [5.41, 5.74) is 4.59. The standard InChI is InChI=1S/C25H24N2O2/c1-18-11-13-20(14-12-18)29-17-25(28)27-15-22(19-7-3-2-4-8-19)23-16-26-24-10-6-5-9-21(23)24/h2-14,16,22,26H,15,17H2,1H3,(H,27,28)/t22-/m1/s1. The van der Waals surface area contributed by atoms with E-state index >= 15 is 0 Å². The first kappa shape index (κ1) is 18.8. The van der Waals surface area contributed by atoms with E-state index in [2.05, 4.69) is 34.6 Å². The van der Waals surface area contributed by atoms with Gasteiger partial charge >= 0.3 is 0 Å². The number of amides is 1. The summed E-state index contributed by atoms with van der Waals surface area (Å²) in [4.78, 5) is 15.7. The van der Waals surface area contributed by atoms with Crippen LogP contribution in [0.1, 0.15) is 22.6 Å². The predicted octanol–water partition coefficient (Wildman–Crippen LogP) is 4.80. The Hall–Kier alpha value is -3.53. The van der Waals surface area contributed by atoms with Gasteiger partial charge in [0.1, 0.15) is 5.75 Å². The fourth-order valence-electron chi connectivity index (χ4n) is 3.53. The van der Waals surface area contributed by atoms with Gasteiger partial charge in [0.15, 0.2) is 6.61 Å². The van der Waals surface area contributed by atoms with Crippen LogP contribution < -0.4 is 10.1 Å². The molecule has 0 aliphatic heterocycles. The molecule has 1 heterocycles. The number of hydrogen-bond donors (Lipinski definition) is 2. The highest BCUT2D eigenvalue weighted by Crippen LogP contribution is 2.30. The maximum atomic E-state index is 12.4. The molecule has 0 saturated heterocycles. The van der Waals surface area contributed by atoms with Gasteiger partial charge in [-0.15, -0.1) is 0 Å². The van der Waals surface area contributed by atoms with Crippen LogP contribution in [0.4, 0.5) is 0 Å². The number of para-hydroxylation sites is 1. The van der Waals surface area contributed by atoms with Gasteiger partial charge in [0.05, 0.1) is 0 Å². The van der Waals surface area contributed by atoms with E-state index in [1.807, 2.05) is 67.7 Å². The average Bonchev–Trinajstić information content (AvgIpc) is 3.18. The summed E-state index contributed by atoms with van der Waals surface area (Å²) < 4.78 is 5.60. The molecule has 4 heteroatoms. The van der Waals surface area contributed by atoms with E-state index in [-0.39, 0.29) is 18.4 Å². The van der Waals surface area contributed by atoms with Crippen LogP contribution in [-0.2, 0) is 4.79 Å². The molecule has 0 bridgehead atoms. The molecular formula is C25H24N2O2. The van der Waals surface area contributed by atoms with Gasteiger partial charge in [0.25, 0.3) is 5.91 Å². The molecular weight excluding hydrogens is 360 g/mol. The van der Waals surface area contributed by atoms with Crippen molar-refractivity contribution in [2.24, 2.45) is 0 Å². The third-order valence-corrected chi connectivity index (χ3v) is 5.09. The number of aromatic nitrogens is 1. The molecule has 0 aliphatic carbocycles. The van der Waals surface area contributed by atoms with Gasteiger partial charge in [-0.05, 0) is 36.2 Å². The van der Waals surface area contributed by atoms with Crippen molar-refractivity contribution in [3.63, 3.8) is 0 Å². The maximum absolute atomic E-state index is 12.4. The Labute approximate surface area is 170 Å². The topological polar surface area (TPSA) is 54.1 Å². The zero-order valence-corrected chi connectivity index (χ0v) is 16.4. The molecule has 4 aromatic rings. The minimum absolute atomic E-state index is 0.00153. The number of aromatic amines is 1. The van der Waals surface area contributed by atoms with Crippen molar-refractivity contribution < 1.29 is 9.53 Å². The first-order chi connectivity index (χ1) is 14.2. The van der Waals surface area contributed by atoms with Gasteiger partial charge < -0.3 is 15.0 Å². The molecule has 0 radical (unpaired) electrons. The van der Waals surface area contributed by atoms with E-state index in [1.165, 1.54) is 10.9 Å². The van der Waals surface area contributed by atoms with Crippen LogP contribution in [0.15, 0.2) is 85.1 Å². The highest BCUT2D eigenvalue weighted by atomic mass is 16.5. The van der Waals surface area contributed by atoms with Crippen LogP contribution in [0, 0.1) is 6.92 Å². The van der Waals surface area contributed by atoms with E-state index in [4.69, 9.17) is 4.74 Å². The number of hydrogen-bond acceptors (Lipinski definition) is 2. The predicted molar refractivity (Wildman–Crippen MR) is 116 cm³/mol. The summed E-state index contributed by atoms with van der Waals surface area (Å²) >= 11 is 0. The second-order valence-corrected chi connectivity index (χ2v) is 7.16. The van der Waals surface area contributed by atoms with Crippen molar-refractivity contribution in [3.8, 4) is 5.75 Å². The summed E-state index contributed by atoms with van der Waals surface area (Å²) in [5, 5.41) is 4.21. The van der Waals surface area contributed by atoms with Crippen LogP contribution in [0.3, 0.4) is 0 Å². The summed E-state index contributed by atoms with van der Waals surface area (Å²) in [6.45, 7) is 2.52. The quantitative estimate of drug-likeness (QED) is 0.481. The van der Waals surface area contributed by atoms with E-state index in [0.29, 0.717) is 12.3 Å². The number of carbonyl (C=O) groups excluding carboxylic acids is 1. The number of carbonyl (C=O) groups is 1. The minimum Gasteiger partial charge on any atom is -0.484 e. The lowest BCUT2D eigenvalue weighted by Gasteiger charge is -2.18. The van der Waals surface area contributed by atoms with Crippen LogP contribution in [0.2, 0.25) is 0 Å². The van der Waals surface area contributed by atoms with Crippen molar-refractivity contribution in [3.05, 3.63) is 102 Å². The maximum Gasteiger partial charge on any atom is 0.257 e. The number of ether oxygens (including phenoxy) is 1. The first-order valence-electron chi connectivity index (χ1n) is 9.78. The van der Waals surface area contributed by atoms with E-state index < -0.39 is 0 Å². The Kier molecular flexibility index (Phi) is 5.61. The fourth-order valence-corrected chi connectivity index (χ4v) is 3.53. The van der Waals surface area contributed by atoms with E-state index in [0.717, 1.165) is 16.6 Å². The Bertz CT molecular complexity index is 1080. The molecule has 1 aromatic heterocycles. The Morgan fingerprint density at radius 1 is 0.966 bits per heavy atom. The Morgan fingerprint density at radius 3 is 2.48 bits per heavy atom. The third kappa shape index (κ3) is 4.49. The number of aryl methyl sites for hydroxylation is 1. The molecule has 4 nitrogen and oxygen atoms in total. The summed E-state index contributed by atoms with van der Waals surface area (Å²) in [5.74, 6) is 0.615. The molecule has 0 saturated carbocycles. The molecule has 2 N–H and O–H groups in total.